The molecule has 0 bridgehead atoms. The topological polar surface area (TPSA) is 54.4 Å². The van der Waals surface area contributed by atoms with Gasteiger partial charge in [0.1, 0.15) is 11.6 Å². The second-order valence-corrected chi connectivity index (χ2v) is 6.16. The molecule has 0 amide bonds. The molecule has 3 nitrogen and oxygen atoms in total. The van der Waals surface area contributed by atoms with Crippen LogP contribution in [0.5, 0.6) is 0 Å². The molecule has 0 spiro atoms. The first kappa shape index (κ1) is 11.8. The fraction of sp³-hybridized carbons (Fsp3) is 0.846. The van der Waals surface area contributed by atoms with E-state index in [1.807, 2.05) is 13.8 Å². The predicted octanol–water partition coefficient (Wildman–Crippen LogP) is 1.72. The molecule has 2 aliphatic carbocycles. The molecule has 16 heavy (non-hydrogen) atoms. The number of aliphatic hydroxyl groups is 1. The summed E-state index contributed by atoms with van der Waals surface area (Å²) in [7, 11) is 0. The number of rotatable bonds is 0. The van der Waals surface area contributed by atoms with E-state index in [-0.39, 0.29) is 28.8 Å². The monoisotopic (exact) mass is 224 g/mol. The minimum atomic E-state index is -0.515. The van der Waals surface area contributed by atoms with Gasteiger partial charge in [-0.2, -0.15) is 0 Å². The molecule has 2 rings (SSSR count). The summed E-state index contributed by atoms with van der Waals surface area (Å²) in [5.74, 6) is 0.240. The van der Waals surface area contributed by atoms with Crippen LogP contribution < -0.4 is 0 Å². The molecule has 90 valence electrons. The van der Waals surface area contributed by atoms with Crippen LogP contribution in [0.15, 0.2) is 0 Å². The Morgan fingerprint density at radius 3 is 2.56 bits per heavy atom. The third kappa shape index (κ3) is 2.19. The van der Waals surface area contributed by atoms with Crippen LogP contribution in [-0.4, -0.2) is 22.8 Å². The van der Waals surface area contributed by atoms with Crippen LogP contribution >= 0.6 is 0 Å². The Balaban J connectivity index is 2.23. The lowest BCUT2D eigenvalue weighted by Gasteiger charge is -2.31. The maximum Gasteiger partial charge on any atom is 0.139 e. The summed E-state index contributed by atoms with van der Waals surface area (Å²) in [5, 5.41) is 9.84. The van der Waals surface area contributed by atoms with Gasteiger partial charge in [-0.15, -0.1) is 0 Å². The summed E-state index contributed by atoms with van der Waals surface area (Å²) in [4.78, 5) is 23.9. The van der Waals surface area contributed by atoms with Gasteiger partial charge in [0.15, 0.2) is 0 Å². The van der Waals surface area contributed by atoms with Gasteiger partial charge in [-0.25, -0.2) is 0 Å². The van der Waals surface area contributed by atoms with E-state index in [0.29, 0.717) is 25.7 Å². The second kappa shape index (κ2) is 3.95. The van der Waals surface area contributed by atoms with Crippen molar-refractivity contribution in [1.82, 2.24) is 0 Å². The van der Waals surface area contributed by atoms with E-state index in [9.17, 15) is 14.7 Å². The zero-order valence-electron chi connectivity index (χ0n) is 10.0. The van der Waals surface area contributed by atoms with Crippen molar-refractivity contribution in [2.75, 3.05) is 0 Å². The second-order valence-electron chi connectivity index (χ2n) is 6.16. The highest BCUT2D eigenvalue weighted by Gasteiger charge is 2.44. The van der Waals surface area contributed by atoms with Gasteiger partial charge in [0.05, 0.1) is 6.10 Å². The van der Waals surface area contributed by atoms with Gasteiger partial charge in [0.25, 0.3) is 0 Å². The largest absolute Gasteiger partial charge is 0.392 e. The molecule has 0 aromatic rings. The molecule has 3 atom stereocenters. The van der Waals surface area contributed by atoms with Gasteiger partial charge in [-0.1, -0.05) is 13.8 Å². The molecule has 2 saturated carbocycles. The lowest BCUT2D eigenvalue weighted by Crippen LogP contribution is -2.36. The average molecular weight is 224 g/mol. The number of hydrogen-bond acceptors (Lipinski definition) is 3. The van der Waals surface area contributed by atoms with Crippen molar-refractivity contribution in [3.8, 4) is 0 Å². The van der Waals surface area contributed by atoms with Crippen LogP contribution in [0.2, 0.25) is 0 Å². The van der Waals surface area contributed by atoms with Crippen molar-refractivity contribution in [1.29, 1.82) is 0 Å². The summed E-state index contributed by atoms with van der Waals surface area (Å²) in [6, 6.07) is 0. The summed E-state index contributed by atoms with van der Waals surface area (Å²) in [6.45, 7) is 3.93. The Kier molecular flexibility index (Phi) is 2.91. The number of Topliss-reactive ketones (excluding diaryl/α,β-unsaturated/α-hetero) is 2. The fourth-order valence-corrected chi connectivity index (χ4v) is 3.31. The van der Waals surface area contributed by atoms with Crippen molar-refractivity contribution in [3.63, 3.8) is 0 Å². The molecular formula is C13H20O3. The Labute approximate surface area is 96.2 Å². The number of aliphatic hydroxyl groups excluding tert-OH is 1. The molecule has 0 saturated heterocycles. The van der Waals surface area contributed by atoms with E-state index in [2.05, 4.69) is 0 Å². The minimum Gasteiger partial charge on any atom is -0.392 e. The van der Waals surface area contributed by atoms with Gasteiger partial charge in [-0.3, -0.25) is 9.59 Å². The van der Waals surface area contributed by atoms with E-state index >= 15 is 0 Å². The SMILES string of the molecule is CC1(C)CC(=O)C[C@@H]2CCC(O)[C@@H]2C(=O)C1. The van der Waals surface area contributed by atoms with Crippen molar-refractivity contribution in [2.45, 2.75) is 52.1 Å². The number of carbonyl (C=O) groups excluding carboxylic acids is 2. The maximum absolute atomic E-state index is 12.1. The molecule has 0 heterocycles. The number of hydrogen-bond donors (Lipinski definition) is 1. The van der Waals surface area contributed by atoms with Crippen LogP contribution in [-0.2, 0) is 9.59 Å². The lowest BCUT2D eigenvalue weighted by atomic mass is 9.72. The van der Waals surface area contributed by atoms with E-state index in [4.69, 9.17) is 0 Å². The number of ketones is 2. The number of fused-ring (bicyclic) bond motifs is 1. The average Bonchev–Trinajstić information content (AvgIpc) is 2.42. The van der Waals surface area contributed by atoms with Crippen molar-refractivity contribution in [2.24, 2.45) is 17.3 Å². The Morgan fingerprint density at radius 2 is 1.88 bits per heavy atom. The normalized spacial score (nSPS) is 39.1. The van der Waals surface area contributed by atoms with Gasteiger partial charge < -0.3 is 5.11 Å². The molecule has 2 aliphatic rings. The molecular weight excluding hydrogens is 204 g/mol. The van der Waals surface area contributed by atoms with Crippen LogP contribution in [0.4, 0.5) is 0 Å². The van der Waals surface area contributed by atoms with E-state index < -0.39 is 6.10 Å². The Hall–Kier alpha value is -0.700. The molecule has 0 aromatic heterocycles. The lowest BCUT2D eigenvalue weighted by molar-refractivity contribution is -0.133. The van der Waals surface area contributed by atoms with E-state index in [1.165, 1.54) is 0 Å². The molecule has 3 heteroatoms. The summed E-state index contributed by atoms with van der Waals surface area (Å²) < 4.78 is 0. The van der Waals surface area contributed by atoms with Crippen LogP contribution in [0, 0.1) is 17.3 Å². The Bertz CT molecular complexity index is 319. The van der Waals surface area contributed by atoms with Crippen molar-refractivity contribution >= 4 is 11.6 Å². The van der Waals surface area contributed by atoms with Crippen molar-refractivity contribution in [3.05, 3.63) is 0 Å². The zero-order chi connectivity index (χ0) is 11.9. The first-order valence-electron chi connectivity index (χ1n) is 6.11. The predicted molar refractivity (Wildman–Crippen MR) is 59.9 cm³/mol. The van der Waals surface area contributed by atoms with Gasteiger partial charge >= 0.3 is 0 Å². The third-order valence-electron chi connectivity index (χ3n) is 3.95. The highest BCUT2D eigenvalue weighted by atomic mass is 16.3. The minimum absolute atomic E-state index is 0.103. The zero-order valence-corrected chi connectivity index (χ0v) is 10.0. The van der Waals surface area contributed by atoms with Crippen molar-refractivity contribution < 1.29 is 14.7 Å². The standard InChI is InChI=1S/C13H20O3/c1-13(2)6-9(14)5-8-3-4-10(15)12(8)11(16)7-13/h8,10,12,15H,3-7H2,1-2H3/t8-,10?,12+/m0/s1. The first-order chi connectivity index (χ1) is 7.39. The highest BCUT2D eigenvalue weighted by Crippen LogP contribution is 2.41. The first-order valence-corrected chi connectivity index (χ1v) is 6.11. The summed E-state index contributed by atoms with van der Waals surface area (Å²) in [6.07, 6.45) is 2.39. The molecule has 1 N–H and O–H groups in total. The molecule has 0 aromatic carbocycles. The maximum atomic E-state index is 12.1. The van der Waals surface area contributed by atoms with Crippen LogP contribution in [0.25, 0.3) is 0 Å². The fourth-order valence-electron chi connectivity index (χ4n) is 3.31. The van der Waals surface area contributed by atoms with Crippen LogP contribution in [0.1, 0.15) is 46.0 Å². The molecule has 0 radical (unpaired) electrons. The summed E-state index contributed by atoms with van der Waals surface area (Å²) >= 11 is 0. The summed E-state index contributed by atoms with van der Waals surface area (Å²) in [5.41, 5.74) is -0.235. The highest BCUT2D eigenvalue weighted by molar-refractivity contribution is 5.87. The van der Waals surface area contributed by atoms with Gasteiger partial charge in [-0.05, 0) is 24.2 Å². The van der Waals surface area contributed by atoms with Gasteiger partial charge in [0.2, 0.25) is 0 Å². The Morgan fingerprint density at radius 1 is 1.19 bits per heavy atom. The molecule has 2 fully saturated rings. The van der Waals surface area contributed by atoms with E-state index in [0.717, 1.165) is 6.42 Å². The quantitative estimate of drug-likeness (QED) is 0.681. The third-order valence-corrected chi connectivity index (χ3v) is 3.95. The van der Waals surface area contributed by atoms with Gasteiger partial charge in [0, 0.05) is 25.2 Å². The smallest absolute Gasteiger partial charge is 0.139 e. The van der Waals surface area contributed by atoms with Crippen LogP contribution in [0.3, 0.4) is 0 Å². The molecule has 0 aliphatic heterocycles. The molecule has 1 unspecified atom stereocenters. The van der Waals surface area contributed by atoms with E-state index in [1.54, 1.807) is 0 Å². The number of carbonyl (C=O) groups is 2.